The third kappa shape index (κ3) is 6.32. The van der Waals surface area contributed by atoms with Crippen LogP contribution in [0.5, 0.6) is 5.75 Å². The van der Waals surface area contributed by atoms with E-state index in [1.165, 1.54) is 26.4 Å². The highest BCUT2D eigenvalue weighted by Gasteiger charge is 2.19. The van der Waals surface area contributed by atoms with Crippen molar-refractivity contribution in [2.45, 2.75) is 26.9 Å². The van der Waals surface area contributed by atoms with Crippen LogP contribution in [0.15, 0.2) is 73.9 Å². The molecule has 0 atom stereocenters. The molecule has 0 aliphatic heterocycles. The molecule has 14 heteroatoms. The SMILES string of the molecule is COc1cc(-c2cccc(-c3cccc(NC(=O)c4nn(C)c(=O)[nH]c4=O)c3C)c2C)cc(F)c1CNCc1c[nH]c(=O)[nH]c1=O. The van der Waals surface area contributed by atoms with E-state index in [4.69, 9.17) is 4.74 Å². The van der Waals surface area contributed by atoms with Gasteiger partial charge in [0.05, 0.1) is 7.11 Å². The Morgan fingerprint density at radius 1 is 0.935 bits per heavy atom. The van der Waals surface area contributed by atoms with E-state index in [1.54, 1.807) is 18.2 Å². The molecule has 5 aromatic rings. The number of amides is 1. The molecule has 13 nitrogen and oxygen atoms in total. The Morgan fingerprint density at radius 3 is 2.35 bits per heavy atom. The number of carbonyl (C=O) groups excluding carboxylic acids is 1. The van der Waals surface area contributed by atoms with Crippen LogP contribution >= 0.6 is 0 Å². The van der Waals surface area contributed by atoms with E-state index in [0.29, 0.717) is 28.1 Å². The fourth-order valence-corrected chi connectivity index (χ4v) is 5.12. The van der Waals surface area contributed by atoms with Crippen molar-refractivity contribution in [2.75, 3.05) is 12.4 Å². The summed E-state index contributed by atoms with van der Waals surface area (Å²) in [7, 11) is 2.77. The molecule has 0 fully saturated rings. The predicted octanol–water partition coefficient (Wildman–Crippen LogP) is 2.49. The summed E-state index contributed by atoms with van der Waals surface area (Å²) in [6.07, 6.45) is 1.30. The lowest BCUT2D eigenvalue weighted by Crippen LogP contribution is -2.36. The predicted molar refractivity (Wildman–Crippen MR) is 170 cm³/mol. The van der Waals surface area contributed by atoms with Gasteiger partial charge in [-0.2, -0.15) is 5.10 Å². The topological polar surface area (TPSA) is 184 Å². The molecule has 2 heterocycles. The number of nitrogens with one attached hydrogen (secondary N) is 5. The molecule has 0 unspecified atom stereocenters. The van der Waals surface area contributed by atoms with Gasteiger partial charge in [-0.05, 0) is 65.4 Å². The zero-order valence-electron chi connectivity index (χ0n) is 25.3. The molecule has 0 saturated heterocycles. The number of carbonyl (C=O) groups is 1. The third-order valence-corrected chi connectivity index (χ3v) is 7.60. The Bertz CT molecular complexity index is 2220. The summed E-state index contributed by atoms with van der Waals surface area (Å²) < 4.78 is 21.9. The average Bonchev–Trinajstić information content (AvgIpc) is 3.01. The standard InChI is InChI=1S/C32H30FN7O6/c1-16-20(18-11-24(33)23(26(12-18)46-4)15-34-13-19-14-35-31(44)37-28(19)41)7-5-8-21(16)22-9-6-10-25(17(22)2)36-29(42)27-30(43)38-32(45)40(3)39-27/h5-12,14,34H,13,15H2,1-4H3,(H,36,42)(H,38,43,45)(H2,35,37,41,44). The first-order valence-electron chi connectivity index (χ1n) is 14.1. The van der Waals surface area contributed by atoms with Crippen molar-refractivity contribution in [2.24, 2.45) is 7.05 Å². The number of hydrogen-bond acceptors (Lipinski definition) is 8. The Hall–Kier alpha value is -5.89. The number of hydrogen-bond donors (Lipinski definition) is 5. The molecule has 3 aromatic carbocycles. The Labute approximate surface area is 260 Å². The maximum absolute atomic E-state index is 15.5. The van der Waals surface area contributed by atoms with Crippen molar-refractivity contribution in [3.63, 3.8) is 0 Å². The monoisotopic (exact) mass is 627 g/mol. The lowest BCUT2D eigenvalue weighted by molar-refractivity contribution is 0.101. The average molecular weight is 628 g/mol. The second-order valence-electron chi connectivity index (χ2n) is 10.5. The van der Waals surface area contributed by atoms with Gasteiger partial charge in [-0.3, -0.25) is 24.4 Å². The van der Waals surface area contributed by atoms with E-state index >= 15 is 4.39 Å². The number of aromatic amines is 3. The highest BCUT2D eigenvalue weighted by molar-refractivity contribution is 6.03. The van der Waals surface area contributed by atoms with Crippen molar-refractivity contribution in [3.8, 4) is 28.0 Å². The smallest absolute Gasteiger partial charge is 0.344 e. The number of halogens is 1. The molecule has 5 rings (SSSR count). The van der Waals surface area contributed by atoms with Gasteiger partial charge in [0, 0.05) is 43.1 Å². The lowest BCUT2D eigenvalue weighted by Gasteiger charge is -2.18. The normalized spacial score (nSPS) is 11.0. The molecule has 46 heavy (non-hydrogen) atoms. The number of ether oxygens (including phenoxy) is 1. The van der Waals surface area contributed by atoms with Crippen LogP contribution < -0.4 is 37.9 Å². The molecule has 0 spiro atoms. The summed E-state index contributed by atoms with van der Waals surface area (Å²) in [5.74, 6) is -0.972. The van der Waals surface area contributed by atoms with Gasteiger partial charge in [0.25, 0.3) is 17.0 Å². The molecule has 0 bridgehead atoms. The molecular weight excluding hydrogens is 597 g/mol. The molecular formula is C32H30FN7O6. The first-order valence-corrected chi connectivity index (χ1v) is 14.1. The van der Waals surface area contributed by atoms with Crippen LogP contribution in [-0.2, 0) is 20.1 Å². The summed E-state index contributed by atoms with van der Waals surface area (Å²) in [4.78, 5) is 66.5. The number of aromatic nitrogens is 5. The van der Waals surface area contributed by atoms with Crippen molar-refractivity contribution in [3.05, 3.63) is 130 Å². The number of benzene rings is 3. The van der Waals surface area contributed by atoms with Gasteiger partial charge >= 0.3 is 11.4 Å². The van der Waals surface area contributed by atoms with Crippen LogP contribution in [0.25, 0.3) is 22.3 Å². The zero-order chi connectivity index (χ0) is 33.1. The quantitative estimate of drug-likeness (QED) is 0.165. The van der Waals surface area contributed by atoms with Gasteiger partial charge in [-0.25, -0.2) is 18.7 Å². The van der Waals surface area contributed by atoms with Crippen LogP contribution in [0.4, 0.5) is 10.1 Å². The first kappa shape index (κ1) is 31.5. The van der Waals surface area contributed by atoms with Gasteiger partial charge in [-0.15, -0.1) is 0 Å². The minimum absolute atomic E-state index is 0.0608. The number of nitrogens with zero attached hydrogens (tertiary/aromatic N) is 2. The van der Waals surface area contributed by atoms with Gasteiger partial charge in [0.2, 0.25) is 5.69 Å². The highest BCUT2D eigenvalue weighted by Crippen LogP contribution is 2.37. The fourth-order valence-electron chi connectivity index (χ4n) is 5.12. The second-order valence-corrected chi connectivity index (χ2v) is 10.5. The van der Waals surface area contributed by atoms with Gasteiger partial charge < -0.3 is 20.4 Å². The number of methoxy groups -OCH3 is 1. The Balaban J connectivity index is 1.43. The third-order valence-electron chi connectivity index (χ3n) is 7.60. The zero-order valence-corrected chi connectivity index (χ0v) is 25.3. The lowest BCUT2D eigenvalue weighted by atomic mass is 9.90. The van der Waals surface area contributed by atoms with E-state index in [9.17, 15) is 24.0 Å². The second kappa shape index (κ2) is 13.0. The van der Waals surface area contributed by atoms with Crippen LogP contribution in [-0.4, -0.2) is 37.7 Å². The number of H-pyrrole nitrogens is 3. The van der Waals surface area contributed by atoms with E-state index in [1.807, 2.05) is 38.1 Å². The molecule has 236 valence electrons. The molecule has 0 saturated carbocycles. The van der Waals surface area contributed by atoms with Crippen LogP contribution in [0.1, 0.15) is 32.7 Å². The van der Waals surface area contributed by atoms with Gasteiger partial charge in [-0.1, -0.05) is 30.3 Å². The molecule has 5 N–H and O–H groups in total. The van der Waals surface area contributed by atoms with Gasteiger partial charge in [0.1, 0.15) is 11.6 Å². The molecule has 0 aliphatic carbocycles. The minimum atomic E-state index is -0.897. The summed E-state index contributed by atoms with van der Waals surface area (Å²) in [5.41, 5.74) is 2.29. The van der Waals surface area contributed by atoms with Crippen LogP contribution in [0.3, 0.4) is 0 Å². The maximum atomic E-state index is 15.5. The van der Waals surface area contributed by atoms with Crippen LogP contribution in [0, 0.1) is 19.7 Å². The Morgan fingerprint density at radius 2 is 1.63 bits per heavy atom. The molecule has 0 radical (unpaired) electrons. The Kier molecular flexibility index (Phi) is 8.91. The van der Waals surface area contributed by atoms with Gasteiger partial charge in [0.15, 0.2) is 0 Å². The highest BCUT2D eigenvalue weighted by atomic mass is 19.1. The van der Waals surface area contributed by atoms with Crippen molar-refractivity contribution >= 4 is 11.6 Å². The van der Waals surface area contributed by atoms with E-state index in [0.717, 1.165) is 26.9 Å². The number of anilines is 1. The van der Waals surface area contributed by atoms with Crippen molar-refractivity contribution < 1.29 is 13.9 Å². The fraction of sp³-hybridized carbons (Fsp3) is 0.188. The minimum Gasteiger partial charge on any atom is -0.496 e. The van der Waals surface area contributed by atoms with E-state index < -0.39 is 39.9 Å². The largest absolute Gasteiger partial charge is 0.496 e. The number of aryl methyl sites for hydroxylation is 1. The van der Waals surface area contributed by atoms with E-state index in [-0.39, 0.29) is 18.7 Å². The molecule has 1 amide bonds. The first-order chi connectivity index (χ1) is 22.0. The van der Waals surface area contributed by atoms with E-state index in [2.05, 4.69) is 30.7 Å². The van der Waals surface area contributed by atoms with Crippen molar-refractivity contribution in [1.82, 2.24) is 30.0 Å². The maximum Gasteiger partial charge on any atom is 0.344 e. The molecule has 0 aliphatic rings. The summed E-state index contributed by atoms with van der Waals surface area (Å²) in [6, 6.07) is 14.1. The number of rotatable bonds is 9. The van der Waals surface area contributed by atoms with Crippen molar-refractivity contribution in [1.29, 1.82) is 0 Å². The molecule has 2 aromatic heterocycles. The summed E-state index contributed by atoms with van der Waals surface area (Å²) in [5, 5.41) is 9.50. The summed E-state index contributed by atoms with van der Waals surface area (Å²) in [6.45, 7) is 3.88. The summed E-state index contributed by atoms with van der Waals surface area (Å²) >= 11 is 0. The van der Waals surface area contributed by atoms with Crippen LogP contribution in [0.2, 0.25) is 0 Å².